The molecule has 1 aliphatic heterocycles. The number of anilines is 1. The maximum Gasteiger partial charge on any atom is 0.258 e. The van der Waals surface area contributed by atoms with Gasteiger partial charge in [-0.15, -0.1) is 0 Å². The second-order valence-corrected chi connectivity index (χ2v) is 9.04. The third-order valence-corrected chi connectivity index (χ3v) is 6.23. The summed E-state index contributed by atoms with van der Waals surface area (Å²) in [7, 11) is -3.27. The van der Waals surface area contributed by atoms with Crippen LogP contribution in [-0.4, -0.2) is 24.1 Å². The highest BCUT2D eigenvalue weighted by atomic mass is 35.5. The van der Waals surface area contributed by atoms with Gasteiger partial charge in [0.15, 0.2) is 9.84 Å². The second-order valence-electron chi connectivity index (χ2n) is 6.13. The number of amides is 1. The smallest absolute Gasteiger partial charge is 0.258 e. The Morgan fingerprint density at radius 2 is 1.74 bits per heavy atom. The van der Waals surface area contributed by atoms with Gasteiger partial charge in [0.25, 0.3) is 5.91 Å². The maximum absolute atomic E-state index is 12.7. The van der Waals surface area contributed by atoms with Gasteiger partial charge in [0.05, 0.1) is 33.5 Å². The van der Waals surface area contributed by atoms with Crippen molar-refractivity contribution in [1.29, 1.82) is 0 Å². The van der Waals surface area contributed by atoms with E-state index >= 15 is 0 Å². The molecule has 0 saturated heterocycles. The van der Waals surface area contributed by atoms with Crippen molar-refractivity contribution < 1.29 is 13.2 Å². The highest BCUT2D eigenvalue weighted by Gasteiger charge is 2.33. The third-order valence-electron chi connectivity index (χ3n) is 4.21. The third kappa shape index (κ3) is 3.45. The van der Waals surface area contributed by atoms with E-state index < -0.39 is 15.7 Å². The molecule has 1 aromatic heterocycles. The summed E-state index contributed by atoms with van der Waals surface area (Å²) < 4.78 is 25.5. The van der Waals surface area contributed by atoms with Crippen LogP contribution in [0.15, 0.2) is 48.5 Å². The molecule has 0 saturated carbocycles. The van der Waals surface area contributed by atoms with Crippen molar-refractivity contribution in [2.75, 3.05) is 5.32 Å². The van der Waals surface area contributed by atoms with Crippen molar-refractivity contribution in [2.45, 2.75) is 11.5 Å². The molecule has 3 aromatic rings. The van der Waals surface area contributed by atoms with E-state index in [9.17, 15) is 13.2 Å². The van der Waals surface area contributed by atoms with E-state index in [0.717, 1.165) is 0 Å². The molecular weight excluding hydrogens is 409 g/mol. The molecule has 0 bridgehead atoms. The molecule has 1 amide bonds. The predicted molar refractivity (Wildman–Crippen MR) is 104 cm³/mol. The fourth-order valence-electron chi connectivity index (χ4n) is 2.96. The number of hydrogen-bond donors (Lipinski definition) is 1. The van der Waals surface area contributed by atoms with Crippen LogP contribution in [0.25, 0.3) is 5.69 Å². The summed E-state index contributed by atoms with van der Waals surface area (Å²) in [5.41, 5.74) is 1.86. The minimum absolute atomic E-state index is 0.155. The van der Waals surface area contributed by atoms with Gasteiger partial charge in [-0.3, -0.25) is 4.79 Å². The van der Waals surface area contributed by atoms with Gasteiger partial charge >= 0.3 is 0 Å². The first-order chi connectivity index (χ1) is 12.8. The van der Waals surface area contributed by atoms with Gasteiger partial charge in [-0.1, -0.05) is 35.3 Å². The monoisotopic (exact) mass is 421 g/mol. The first kappa shape index (κ1) is 18.0. The lowest BCUT2D eigenvalue weighted by atomic mass is 10.2. The van der Waals surface area contributed by atoms with E-state index in [4.69, 9.17) is 23.2 Å². The Morgan fingerprint density at radius 3 is 2.44 bits per heavy atom. The topological polar surface area (TPSA) is 81.1 Å². The standard InChI is InChI=1S/C18H13Cl2N3O3S/c19-11-5-7-12(8-6-11)23-17(14-9-27(25,26)10-16(14)22-23)21-18(24)13-3-1-2-4-15(13)20/h1-8H,9-10H2,(H,21,24). The first-order valence-corrected chi connectivity index (χ1v) is 10.5. The van der Waals surface area contributed by atoms with E-state index in [-0.39, 0.29) is 17.1 Å². The molecule has 138 valence electrons. The average Bonchev–Trinajstić information content (AvgIpc) is 3.09. The Morgan fingerprint density at radius 1 is 1.04 bits per heavy atom. The minimum atomic E-state index is -3.27. The lowest BCUT2D eigenvalue weighted by Gasteiger charge is -2.12. The van der Waals surface area contributed by atoms with Gasteiger partial charge in [-0.25, -0.2) is 13.1 Å². The largest absolute Gasteiger partial charge is 0.306 e. The van der Waals surface area contributed by atoms with Gasteiger partial charge in [-0.05, 0) is 36.4 Å². The summed E-state index contributed by atoms with van der Waals surface area (Å²) in [6, 6.07) is 13.5. The summed E-state index contributed by atoms with van der Waals surface area (Å²) in [6.07, 6.45) is 0. The number of sulfone groups is 1. The molecule has 27 heavy (non-hydrogen) atoms. The lowest BCUT2D eigenvalue weighted by molar-refractivity contribution is 0.102. The Hall–Kier alpha value is -2.35. The molecule has 0 spiro atoms. The number of carbonyl (C=O) groups excluding carboxylic acids is 1. The number of carbonyl (C=O) groups is 1. The van der Waals surface area contributed by atoms with E-state index in [1.54, 1.807) is 48.5 Å². The number of halogens is 2. The molecule has 6 nitrogen and oxygen atoms in total. The number of fused-ring (bicyclic) bond motifs is 1. The van der Waals surface area contributed by atoms with Crippen LogP contribution < -0.4 is 5.32 Å². The van der Waals surface area contributed by atoms with Crippen molar-refractivity contribution in [2.24, 2.45) is 0 Å². The highest BCUT2D eigenvalue weighted by Crippen LogP contribution is 2.33. The number of benzene rings is 2. The number of aromatic nitrogens is 2. The second kappa shape index (κ2) is 6.67. The summed E-state index contributed by atoms with van der Waals surface area (Å²) in [5, 5.41) is 8.04. The number of hydrogen-bond acceptors (Lipinski definition) is 4. The average molecular weight is 422 g/mol. The molecule has 2 heterocycles. The molecular formula is C18H13Cl2N3O3S. The zero-order valence-electron chi connectivity index (χ0n) is 13.8. The predicted octanol–water partition coefficient (Wildman–Crippen LogP) is 3.86. The van der Waals surface area contributed by atoms with Crippen LogP contribution in [0, 0.1) is 0 Å². The van der Waals surface area contributed by atoms with Crippen LogP contribution in [0.3, 0.4) is 0 Å². The normalized spacial score (nSPS) is 14.7. The molecule has 9 heteroatoms. The van der Waals surface area contributed by atoms with Crippen molar-refractivity contribution in [3.8, 4) is 5.69 Å². The maximum atomic E-state index is 12.7. The van der Waals surface area contributed by atoms with Crippen LogP contribution in [0.1, 0.15) is 21.6 Å². The number of nitrogens with one attached hydrogen (secondary N) is 1. The fraction of sp³-hybridized carbons (Fsp3) is 0.111. The highest BCUT2D eigenvalue weighted by molar-refractivity contribution is 7.90. The van der Waals surface area contributed by atoms with E-state index in [1.165, 1.54) is 4.68 Å². The molecule has 1 N–H and O–H groups in total. The molecule has 2 aromatic carbocycles. The number of rotatable bonds is 3. The van der Waals surface area contributed by atoms with Crippen molar-refractivity contribution >= 4 is 44.8 Å². The zero-order valence-corrected chi connectivity index (χ0v) is 16.1. The van der Waals surface area contributed by atoms with Crippen LogP contribution in [0.2, 0.25) is 10.0 Å². The lowest BCUT2D eigenvalue weighted by Crippen LogP contribution is -2.17. The van der Waals surface area contributed by atoms with Gasteiger partial charge in [0, 0.05) is 10.6 Å². The van der Waals surface area contributed by atoms with Crippen LogP contribution >= 0.6 is 23.2 Å². The zero-order chi connectivity index (χ0) is 19.2. The molecule has 0 atom stereocenters. The van der Waals surface area contributed by atoms with Gasteiger partial charge in [0.2, 0.25) is 0 Å². The van der Waals surface area contributed by atoms with Gasteiger partial charge in [-0.2, -0.15) is 5.10 Å². The Balaban J connectivity index is 1.80. The van der Waals surface area contributed by atoms with Crippen LogP contribution in [0.4, 0.5) is 5.82 Å². The van der Waals surface area contributed by atoms with Crippen molar-refractivity contribution in [3.05, 3.63) is 75.4 Å². The molecule has 4 rings (SSSR count). The molecule has 0 fully saturated rings. The van der Waals surface area contributed by atoms with E-state index in [1.807, 2.05) is 0 Å². The summed E-state index contributed by atoms with van der Waals surface area (Å²) in [5.74, 6) is -0.451. The Bertz CT molecular complexity index is 1160. The molecule has 0 unspecified atom stereocenters. The molecule has 0 aliphatic carbocycles. The minimum Gasteiger partial charge on any atom is -0.306 e. The Labute approximate surface area is 165 Å². The summed E-state index contributed by atoms with van der Waals surface area (Å²) in [6.45, 7) is 0. The fourth-order valence-corrected chi connectivity index (χ4v) is 4.80. The quantitative estimate of drug-likeness (QED) is 0.695. The SMILES string of the molecule is O=C(Nc1c2c(nn1-c1ccc(Cl)cc1)CS(=O)(=O)C2)c1ccccc1Cl. The van der Waals surface area contributed by atoms with Gasteiger partial charge in [0.1, 0.15) is 5.82 Å². The summed E-state index contributed by atoms with van der Waals surface area (Å²) >= 11 is 12.0. The van der Waals surface area contributed by atoms with Gasteiger partial charge < -0.3 is 5.32 Å². The summed E-state index contributed by atoms with van der Waals surface area (Å²) in [4.78, 5) is 12.7. The first-order valence-electron chi connectivity index (χ1n) is 7.97. The number of nitrogens with zero attached hydrogens (tertiary/aromatic N) is 2. The van der Waals surface area contributed by atoms with Crippen LogP contribution in [-0.2, 0) is 21.3 Å². The molecule has 1 aliphatic rings. The van der Waals surface area contributed by atoms with Crippen molar-refractivity contribution in [1.82, 2.24) is 9.78 Å². The van der Waals surface area contributed by atoms with Crippen molar-refractivity contribution in [3.63, 3.8) is 0 Å². The van der Waals surface area contributed by atoms with E-state index in [0.29, 0.717) is 32.8 Å². The van der Waals surface area contributed by atoms with Crippen LogP contribution in [0.5, 0.6) is 0 Å². The molecule has 0 radical (unpaired) electrons. The Kier molecular flexibility index (Phi) is 4.46. The van der Waals surface area contributed by atoms with E-state index in [2.05, 4.69) is 10.4 Å².